The first-order valence-electron chi connectivity index (χ1n) is 4.13. The van der Waals surface area contributed by atoms with Crippen LogP contribution in [-0.4, -0.2) is 9.97 Å². The monoisotopic (exact) mass is 287 g/mol. The third-order valence-electron chi connectivity index (χ3n) is 1.80. The smallest absolute Gasteiger partial charge is 0.222 e. The van der Waals surface area contributed by atoms with Crippen molar-refractivity contribution in [1.29, 1.82) is 0 Å². The van der Waals surface area contributed by atoms with E-state index in [1.165, 1.54) is 0 Å². The van der Waals surface area contributed by atoms with E-state index in [0.717, 1.165) is 5.76 Å². The van der Waals surface area contributed by atoms with E-state index in [-0.39, 0.29) is 11.1 Å². The largest absolute Gasteiger partial charge is 0.460 e. The van der Waals surface area contributed by atoms with Crippen LogP contribution in [0.3, 0.4) is 0 Å². The zero-order valence-electron chi connectivity index (χ0n) is 7.79. The van der Waals surface area contributed by atoms with Gasteiger partial charge in [0.1, 0.15) is 16.6 Å². The van der Waals surface area contributed by atoms with E-state index >= 15 is 0 Å². The molecule has 2 rings (SSSR count). The Balaban J connectivity index is 2.62. The average Bonchev–Trinajstić information content (AvgIpc) is 2.58. The first-order valence-corrected chi connectivity index (χ1v) is 5.30. The lowest BCUT2D eigenvalue weighted by molar-refractivity contribution is 0.546. The molecule has 0 atom stereocenters. The fourth-order valence-electron chi connectivity index (χ4n) is 1.16. The molecule has 2 aromatic heterocycles. The molecule has 0 aliphatic carbocycles. The summed E-state index contributed by atoms with van der Waals surface area (Å²) in [5.74, 6) is 1.52. The fourth-order valence-corrected chi connectivity index (χ4v) is 1.71. The van der Waals surface area contributed by atoms with Gasteiger partial charge in [-0.3, -0.25) is 0 Å². The van der Waals surface area contributed by atoms with Gasteiger partial charge in [-0.25, -0.2) is 9.97 Å². The Bertz CT molecular complexity index is 512. The van der Waals surface area contributed by atoms with Gasteiger partial charge >= 0.3 is 0 Å². The molecule has 0 aliphatic rings. The highest BCUT2D eigenvalue weighted by Gasteiger charge is 2.14. The Kier molecular flexibility index (Phi) is 2.67. The van der Waals surface area contributed by atoms with Crippen molar-refractivity contribution >= 4 is 33.5 Å². The van der Waals surface area contributed by atoms with Gasteiger partial charge in [0.2, 0.25) is 5.95 Å². The van der Waals surface area contributed by atoms with Crippen molar-refractivity contribution < 1.29 is 4.42 Å². The number of aromatic nitrogens is 2. The minimum absolute atomic E-state index is 0.118. The standard InChI is InChI=1S/C9H7BrClN3O/c1-4-2-3-5(15-4)7-6(10)8(11)14-9(12)13-7/h2-3H,1H3,(H2,12,13,14). The molecule has 0 bridgehead atoms. The molecule has 0 fully saturated rings. The third-order valence-corrected chi connectivity index (χ3v) is 3.05. The van der Waals surface area contributed by atoms with Crippen LogP contribution >= 0.6 is 27.5 Å². The molecular formula is C9H7BrClN3O. The lowest BCUT2D eigenvalue weighted by atomic mass is 10.3. The van der Waals surface area contributed by atoms with E-state index in [0.29, 0.717) is 15.9 Å². The summed E-state index contributed by atoms with van der Waals surface area (Å²) in [6, 6.07) is 3.65. The molecule has 2 aromatic rings. The SMILES string of the molecule is Cc1ccc(-c2nc(N)nc(Cl)c2Br)o1. The number of anilines is 1. The lowest BCUT2D eigenvalue weighted by Crippen LogP contribution is -1.97. The van der Waals surface area contributed by atoms with E-state index in [1.54, 1.807) is 6.07 Å². The molecular weight excluding hydrogens is 281 g/mol. The van der Waals surface area contributed by atoms with Gasteiger partial charge in [0.25, 0.3) is 0 Å². The summed E-state index contributed by atoms with van der Waals surface area (Å²) >= 11 is 9.14. The lowest BCUT2D eigenvalue weighted by Gasteiger charge is -2.02. The zero-order valence-corrected chi connectivity index (χ0v) is 10.1. The average molecular weight is 289 g/mol. The minimum atomic E-state index is 0.118. The molecule has 78 valence electrons. The molecule has 0 spiro atoms. The number of nitrogens with two attached hydrogens (primary N) is 1. The highest BCUT2D eigenvalue weighted by Crippen LogP contribution is 2.32. The maximum atomic E-state index is 5.86. The van der Waals surface area contributed by atoms with E-state index in [4.69, 9.17) is 21.8 Å². The molecule has 2 N–H and O–H groups in total. The van der Waals surface area contributed by atoms with Gasteiger partial charge in [0.15, 0.2) is 5.76 Å². The molecule has 2 heterocycles. The van der Waals surface area contributed by atoms with Crippen molar-refractivity contribution in [2.75, 3.05) is 5.73 Å². The maximum Gasteiger partial charge on any atom is 0.222 e. The summed E-state index contributed by atoms with van der Waals surface area (Å²) in [5, 5.41) is 0.270. The van der Waals surface area contributed by atoms with Gasteiger partial charge in [0.05, 0.1) is 4.47 Å². The number of nitrogens with zero attached hydrogens (tertiary/aromatic N) is 2. The predicted octanol–water partition coefficient (Wildman–Crippen LogP) is 3.04. The Morgan fingerprint density at radius 3 is 2.73 bits per heavy atom. The van der Waals surface area contributed by atoms with E-state index < -0.39 is 0 Å². The molecule has 0 amide bonds. The molecule has 0 saturated heterocycles. The second-order valence-corrected chi connectivity index (χ2v) is 4.10. The Morgan fingerprint density at radius 1 is 1.40 bits per heavy atom. The van der Waals surface area contributed by atoms with Crippen molar-refractivity contribution in [2.24, 2.45) is 0 Å². The Hall–Kier alpha value is -1.07. The first-order chi connectivity index (χ1) is 7.08. The number of hydrogen-bond donors (Lipinski definition) is 1. The highest BCUT2D eigenvalue weighted by atomic mass is 79.9. The molecule has 0 aromatic carbocycles. The topological polar surface area (TPSA) is 64.9 Å². The summed E-state index contributed by atoms with van der Waals surface area (Å²) in [4.78, 5) is 7.87. The number of hydrogen-bond acceptors (Lipinski definition) is 4. The van der Waals surface area contributed by atoms with Crippen LogP contribution in [0.4, 0.5) is 5.95 Å². The van der Waals surface area contributed by atoms with Crippen LogP contribution in [0.1, 0.15) is 5.76 Å². The van der Waals surface area contributed by atoms with Crippen LogP contribution in [-0.2, 0) is 0 Å². The van der Waals surface area contributed by atoms with Crippen LogP contribution in [0.2, 0.25) is 5.15 Å². The summed E-state index contributed by atoms with van der Waals surface area (Å²) in [6.07, 6.45) is 0. The second-order valence-electron chi connectivity index (χ2n) is 2.95. The van der Waals surface area contributed by atoms with Crippen molar-refractivity contribution in [1.82, 2.24) is 9.97 Å². The van der Waals surface area contributed by atoms with Crippen LogP contribution < -0.4 is 5.73 Å². The van der Waals surface area contributed by atoms with Crippen LogP contribution in [0.15, 0.2) is 21.0 Å². The quantitative estimate of drug-likeness (QED) is 0.819. The Labute approximate surface area is 99.6 Å². The van der Waals surface area contributed by atoms with Crippen LogP contribution in [0, 0.1) is 6.92 Å². The summed E-state index contributed by atoms with van der Waals surface area (Å²) in [6.45, 7) is 1.85. The van der Waals surface area contributed by atoms with E-state index in [9.17, 15) is 0 Å². The van der Waals surface area contributed by atoms with Crippen LogP contribution in [0.25, 0.3) is 11.5 Å². The maximum absolute atomic E-state index is 5.86. The molecule has 0 radical (unpaired) electrons. The number of nitrogen functional groups attached to an aromatic ring is 1. The minimum Gasteiger partial charge on any atom is -0.460 e. The van der Waals surface area contributed by atoms with E-state index in [2.05, 4.69) is 25.9 Å². The normalized spacial score (nSPS) is 10.6. The number of halogens is 2. The van der Waals surface area contributed by atoms with Gasteiger partial charge in [-0.05, 0) is 35.0 Å². The van der Waals surface area contributed by atoms with Crippen molar-refractivity contribution in [3.05, 3.63) is 27.5 Å². The highest BCUT2D eigenvalue weighted by molar-refractivity contribution is 9.10. The van der Waals surface area contributed by atoms with Gasteiger partial charge in [0, 0.05) is 0 Å². The van der Waals surface area contributed by atoms with Gasteiger partial charge < -0.3 is 10.2 Å². The number of rotatable bonds is 1. The Morgan fingerprint density at radius 2 is 2.13 bits per heavy atom. The van der Waals surface area contributed by atoms with Crippen molar-refractivity contribution in [2.45, 2.75) is 6.92 Å². The second kappa shape index (κ2) is 3.83. The number of aryl methyl sites for hydroxylation is 1. The molecule has 6 heteroatoms. The fraction of sp³-hybridized carbons (Fsp3) is 0.111. The zero-order chi connectivity index (χ0) is 11.0. The van der Waals surface area contributed by atoms with Gasteiger partial charge in [-0.2, -0.15) is 0 Å². The first kappa shape index (κ1) is 10.4. The number of furan rings is 1. The molecule has 0 unspecified atom stereocenters. The molecule has 15 heavy (non-hydrogen) atoms. The summed E-state index contributed by atoms with van der Waals surface area (Å²) in [7, 11) is 0. The van der Waals surface area contributed by atoms with Gasteiger partial charge in [-0.15, -0.1) is 0 Å². The molecule has 0 saturated carbocycles. The van der Waals surface area contributed by atoms with E-state index in [1.807, 2.05) is 13.0 Å². The van der Waals surface area contributed by atoms with Crippen molar-refractivity contribution in [3.63, 3.8) is 0 Å². The summed E-state index contributed by atoms with van der Waals surface area (Å²) in [5.41, 5.74) is 6.06. The predicted molar refractivity (Wildman–Crippen MR) is 61.6 cm³/mol. The van der Waals surface area contributed by atoms with Crippen LogP contribution in [0.5, 0.6) is 0 Å². The molecule has 4 nitrogen and oxygen atoms in total. The van der Waals surface area contributed by atoms with Crippen molar-refractivity contribution in [3.8, 4) is 11.5 Å². The molecule has 0 aliphatic heterocycles. The van der Waals surface area contributed by atoms with Gasteiger partial charge in [-0.1, -0.05) is 11.6 Å². The summed E-state index contributed by atoms with van der Waals surface area (Å²) < 4.78 is 6.00. The third kappa shape index (κ3) is 1.98.